The van der Waals surface area contributed by atoms with Crippen LogP contribution in [0, 0.1) is 6.92 Å². The quantitative estimate of drug-likeness (QED) is 0.919. The number of imidazole rings is 1. The van der Waals surface area contributed by atoms with E-state index >= 15 is 0 Å². The van der Waals surface area contributed by atoms with Crippen LogP contribution in [0.3, 0.4) is 0 Å². The smallest absolute Gasteiger partial charge is 0.221 e. The zero-order valence-electron chi connectivity index (χ0n) is 17.0. The minimum Gasteiger partial charge on any atom is -0.481 e. The number of methoxy groups -OCH3 is 1. The molecule has 19 heavy (non-hydrogen) atoms. The molecule has 0 bridgehead atoms. The van der Waals surface area contributed by atoms with E-state index in [1.54, 1.807) is 6.92 Å². The van der Waals surface area contributed by atoms with Crippen molar-refractivity contribution >= 4 is 5.65 Å². The Labute approximate surface area is 121 Å². The average Bonchev–Trinajstić information content (AvgIpc) is 2.92. The van der Waals surface area contributed by atoms with Gasteiger partial charge in [0, 0.05) is 22.7 Å². The topological polar surface area (TPSA) is 51.5 Å². The van der Waals surface area contributed by atoms with Crippen LogP contribution in [0.15, 0.2) is 12.5 Å². The molecule has 5 heteroatoms. The molecule has 1 saturated heterocycles. The van der Waals surface area contributed by atoms with E-state index < -0.39 is 12.4 Å². The van der Waals surface area contributed by atoms with Gasteiger partial charge in [-0.3, -0.25) is 4.40 Å². The summed E-state index contributed by atoms with van der Waals surface area (Å²) in [5, 5.41) is 0.938. The first-order chi connectivity index (χ1) is 11.6. The number of rotatable bonds is 3. The monoisotopic (exact) mass is 266 g/mol. The molecule has 0 radical (unpaired) electrons. The summed E-state index contributed by atoms with van der Waals surface area (Å²) >= 11 is 0. The molecule has 0 spiro atoms. The Morgan fingerprint density at radius 2 is 2.63 bits per heavy atom. The molecule has 2 aromatic heterocycles. The molecule has 1 aliphatic rings. The Hall–Kier alpha value is -1.62. The second kappa shape index (κ2) is 5.17. The summed E-state index contributed by atoms with van der Waals surface area (Å²) in [6, 6.07) is -1.84. The van der Waals surface area contributed by atoms with E-state index in [1.165, 1.54) is 7.11 Å². The molecule has 0 saturated carbocycles. The van der Waals surface area contributed by atoms with Crippen molar-refractivity contribution in [1.29, 1.82) is 0 Å². The third kappa shape index (κ3) is 2.42. The second-order valence-electron chi connectivity index (χ2n) is 4.49. The molecular formula is C14H20N4O. The van der Waals surface area contributed by atoms with Gasteiger partial charge in [0.2, 0.25) is 5.88 Å². The highest BCUT2D eigenvalue weighted by Gasteiger charge is 2.16. The summed E-state index contributed by atoms with van der Waals surface area (Å²) in [5.41, 5.74) is 0.435. The molecule has 1 atom stereocenters. The van der Waals surface area contributed by atoms with Crippen LogP contribution in [0.25, 0.3) is 5.65 Å². The van der Waals surface area contributed by atoms with Crippen molar-refractivity contribution in [2.24, 2.45) is 0 Å². The molecule has 1 fully saturated rings. The van der Waals surface area contributed by atoms with Gasteiger partial charge in [-0.2, -0.15) is 0 Å². The van der Waals surface area contributed by atoms with Gasteiger partial charge in [0.1, 0.15) is 14.7 Å². The van der Waals surface area contributed by atoms with Crippen molar-refractivity contribution in [3.05, 3.63) is 23.7 Å². The van der Waals surface area contributed by atoms with Gasteiger partial charge in [-0.15, -0.1) is 0 Å². The molecule has 2 aromatic rings. The maximum atomic E-state index is 8.57. The van der Waals surface area contributed by atoms with Gasteiger partial charge >= 0.3 is 0 Å². The Morgan fingerprint density at radius 3 is 3.42 bits per heavy atom. The molecule has 3 rings (SSSR count). The normalized spacial score (nSPS) is 30.0. The fraction of sp³-hybridized carbons (Fsp3) is 0.571. The minimum absolute atomic E-state index is 0.172. The summed E-state index contributed by atoms with van der Waals surface area (Å²) in [4.78, 5) is 8.19. The molecule has 0 aromatic carbocycles. The van der Waals surface area contributed by atoms with Crippen molar-refractivity contribution in [3.63, 3.8) is 0 Å². The first-order valence-electron chi connectivity index (χ1n) is 9.27. The number of hydrogen-bond donors (Lipinski definition) is 1. The molecule has 3 heterocycles. The number of hydrogen-bond acceptors (Lipinski definition) is 4. The van der Waals surface area contributed by atoms with Gasteiger partial charge in [-0.1, -0.05) is 6.42 Å². The summed E-state index contributed by atoms with van der Waals surface area (Å²) in [6.45, 7) is 1.96. The number of nitrogens with zero attached hydrogens (tertiary/aromatic N) is 3. The van der Waals surface area contributed by atoms with Crippen LogP contribution >= 0.6 is 0 Å². The van der Waals surface area contributed by atoms with Crippen molar-refractivity contribution in [1.82, 2.24) is 19.7 Å². The summed E-state index contributed by atoms with van der Waals surface area (Å²) < 4.78 is 56.1. The number of piperidine rings is 1. The summed E-state index contributed by atoms with van der Waals surface area (Å²) in [5.74, 6) is 0.190. The van der Waals surface area contributed by atoms with Crippen LogP contribution in [0.2, 0.25) is 1.41 Å². The fourth-order valence-corrected chi connectivity index (χ4v) is 2.13. The van der Waals surface area contributed by atoms with Crippen molar-refractivity contribution < 1.29 is 13.0 Å². The number of aryl methyl sites for hydroxylation is 1. The van der Waals surface area contributed by atoms with Crippen molar-refractivity contribution in [2.45, 2.75) is 38.6 Å². The average molecular weight is 266 g/mol. The number of nitrogens with one attached hydrogen (secondary N) is 1. The van der Waals surface area contributed by atoms with E-state index in [1.807, 2.05) is 0 Å². The van der Waals surface area contributed by atoms with Crippen LogP contribution in [-0.4, -0.2) is 34.0 Å². The van der Waals surface area contributed by atoms with E-state index in [2.05, 4.69) is 9.97 Å². The molecule has 0 unspecified atom stereocenters. The molecule has 5 nitrogen and oxygen atoms in total. The molecule has 1 N–H and O–H groups in total. The summed E-state index contributed by atoms with van der Waals surface area (Å²) in [6.07, 6.45) is -1.43. The Bertz CT molecular complexity index is 825. The number of fused-ring (bicyclic) bond motifs is 1. The highest BCUT2D eigenvalue weighted by atomic mass is 16.5. The summed E-state index contributed by atoms with van der Waals surface area (Å²) in [7, 11) is 1.41. The van der Waals surface area contributed by atoms with E-state index in [-0.39, 0.29) is 36.1 Å². The maximum absolute atomic E-state index is 8.57. The first-order valence-corrected chi connectivity index (χ1v) is 6.32. The Balaban J connectivity index is 2.23. The largest absolute Gasteiger partial charge is 0.481 e. The van der Waals surface area contributed by atoms with E-state index in [4.69, 9.17) is 13.0 Å². The first kappa shape index (κ1) is 7.24. The predicted octanol–water partition coefficient (Wildman–Crippen LogP) is 1.73. The van der Waals surface area contributed by atoms with Crippen LogP contribution in [0.5, 0.6) is 5.88 Å². The van der Waals surface area contributed by atoms with Crippen LogP contribution in [0.4, 0.5) is 0 Å². The SMILES string of the molecule is [2H]c1nc(OC)c(C)c2nc(C([2H])([2H])[C@]3([2H])CCCCN3[2H])c([2H])n12. The van der Waals surface area contributed by atoms with Crippen molar-refractivity contribution in [3.8, 4) is 5.88 Å². The number of aromatic nitrogens is 3. The van der Waals surface area contributed by atoms with Gasteiger partial charge < -0.3 is 10.0 Å². The van der Waals surface area contributed by atoms with Gasteiger partial charge in [-0.25, -0.2) is 9.97 Å². The van der Waals surface area contributed by atoms with Crippen LogP contribution < -0.4 is 10.0 Å². The maximum Gasteiger partial charge on any atom is 0.221 e. The van der Waals surface area contributed by atoms with Crippen LogP contribution in [-0.2, 0) is 6.37 Å². The molecule has 102 valence electrons. The molecular weight excluding hydrogens is 240 g/mol. The lowest BCUT2D eigenvalue weighted by Gasteiger charge is -2.22. The fourth-order valence-electron chi connectivity index (χ4n) is 2.13. The highest BCUT2D eigenvalue weighted by molar-refractivity contribution is 5.52. The van der Waals surface area contributed by atoms with Gasteiger partial charge in [0.15, 0.2) is 0 Å². The molecule has 1 aliphatic heterocycles. The Morgan fingerprint density at radius 1 is 1.74 bits per heavy atom. The molecule has 0 amide bonds. The minimum atomic E-state index is -2.36. The lowest BCUT2D eigenvalue weighted by atomic mass is 10.0. The zero-order valence-corrected chi connectivity index (χ0v) is 11.0. The Kier molecular flexibility index (Phi) is 1.97. The van der Waals surface area contributed by atoms with E-state index in [0.717, 1.165) is 16.1 Å². The lowest BCUT2D eigenvalue weighted by molar-refractivity contribution is 0.394. The third-order valence-electron chi connectivity index (χ3n) is 3.14. The van der Waals surface area contributed by atoms with E-state index in [9.17, 15) is 0 Å². The standard InChI is InChI=1S/C14H20N4O/c1-10-13-17-12(7-11-5-3-4-6-15-11)8-18(13)9-16-14(10)19-2/h8-9,11,15H,3-7H2,1-2H3/t11-/m0/s1/i7D2,8D,9D,11D/hD. The van der Waals surface area contributed by atoms with Gasteiger partial charge in [-0.05, 0) is 26.3 Å². The van der Waals surface area contributed by atoms with Crippen molar-refractivity contribution in [2.75, 3.05) is 13.7 Å². The van der Waals surface area contributed by atoms with E-state index in [0.29, 0.717) is 18.5 Å². The van der Waals surface area contributed by atoms with Crippen LogP contribution in [0.1, 0.15) is 37.4 Å². The van der Waals surface area contributed by atoms with Gasteiger partial charge in [0.25, 0.3) is 0 Å². The van der Waals surface area contributed by atoms with Gasteiger partial charge in [0.05, 0.1) is 19.7 Å². The molecule has 0 aliphatic carbocycles. The number of ether oxygens (including phenoxy) is 1. The highest BCUT2D eigenvalue weighted by Crippen LogP contribution is 2.20. The predicted molar refractivity (Wildman–Crippen MR) is 73.6 cm³/mol. The third-order valence-corrected chi connectivity index (χ3v) is 3.14. The lowest BCUT2D eigenvalue weighted by Crippen LogP contribution is -2.35. The zero-order chi connectivity index (χ0) is 18.6. The second-order valence-corrected chi connectivity index (χ2v) is 4.49.